The maximum absolute atomic E-state index is 13.6. The van der Waals surface area contributed by atoms with E-state index in [-0.39, 0.29) is 11.6 Å². The standard InChI is InChI=1S/C40H32F2O5/c1-3-35-37(45-33-17-7-15-31(25-33)43-29-13-5-11-27(41)23-29)19-9-21-39(35)47-40-22-10-20-38(36(40)4-2)46-34-18-8-16-32(26-34)44-30-14-6-12-28(42)24-30/h5-26H,3-4H2,1-2H3. The molecule has 0 radical (unpaired) electrons. The molecule has 0 aliphatic heterocycles. The van der Waals surface area contributed by atoms with Gasteiger partial charge in [0.15, 0.2) is 0 Å². The van der Waals surface area contributed by atoms with Gasteiger partial charge in [-0.1, -0.05) is 50.2 Å². The first kappa shape index (κ1) is 31.2. The lowest BCUT2D eigenvalue weighted by molar-refractivity contribution is 0.433. The Bertz CT molecular complexity index is 1850. The van der Waals surface area contributed by atoms with E-state index < -0.39 is 0 Å². The molecule has 0 spiro atoms. The number of rotatable bonds is 12. The molecule has 6 aromatic carbocycles. The third kappa shape index (κ3) is 7.89. The average molecular weight is 631 g/mol. The minimum atomic E-state index is -0.371. The topological polar surface area (TPSA) is 46.2 Å². The van der Waals surface area contributed by atoms with Crippen LogP contribution in [-0.4, -0.2) is 0 Å². The number of halogens is 2. The largest absolute Gasteiger partial charge is 0.457 e. The second-order valence-corrected chi connectivity index (χ2v) is 10.5. The summed E-state index contributed by atoms with van der Waals surface area (Å²) in [5.74, 6) is 4.85. The minimum absolute atomic E-state index is 0.371. The molecule has 47 heavy (non-hydrogen) atoms. The minimum Gasteiger partial charge on any atom is -0.457 e. The van der Waals surface area contributed by atoms with Gasteiger partial charge in [0.05, 0.1) is 0 Å². The summed E-state index contributed by atoms with van der Waals surface area (Å²) in [4.78, 5) is 0. The molecule has 236 valence electrons. The van der Waals surface area contributed by atoms with Gasteiger partial charge < -0.3 is 23.7 Å². The van der Waals surface area contributed by atoms with Gasteiger partial charge in [-0.25, -0.2) is 8.78 Å². The van der Waals surface area contributed by atoms with Crippen LogP contribution in [0.1, 0.15) is 25.0 Å². The number of ether oxygens (including phenoxy) is 5. The van der Waals surface area contributed by atoms with Crippen molar-refractivity contribution < 1.29 is 32.5 Å². The highest BCUT2D eigenvalue weighted by atomic mass is 19.1. The second-order valence-electron chi connectivity index (χ2n) is 10.5. The van der Waals surface area contributed by atoms with Crippen LogP contribution in [0.4, 0.5) is 8.78 Å². The predicted molar refractivity (Wildman–Crippen MR) is 178 cm³/mol. The molecule has 0 bridgehead atoms. The van der Waals surface area contributed by atoms with Crippen molar-refractivity contribution in [2.75, 3.05) is 0 Å². The van der Waals surface area contributed by atoms with Crippen molar-refractivity contribution in [1.29, 1.82) is 0 Å². The van der Waals surface area contributed by atoms with Crippen LogP contribution in [0.2, 0.25) is 0 Å². The van der Waals surface area contributed by atoms with E-state index in [1.807, 2.05) is 74.5 Å². The number of hydrogen-bond donors (Lipinski definition) is 0. The number of hydrogen-bond acceptors (Lipinski definition) is 5. The van der Waals surface area contributed by atoms with Crippen LogP contribution in [0.5, 0.6) is 57.5 Å². The van der Waals surface area contributed by atoms with Crippen LogP contribution in [0.25, 0.3) is 0 Å². The molecule has 0 aliphatic carbocycles. The molecule has 0 unspecified atom stereocenters. The highest BCUT2D eigenvalue weighted by Gasteiger charge is 2.16. The van der Waals surface area contributed by atoms with Crippen LogP contribution in [-0.2, 0) is 12.8 Å². The van der Waals surface area contributed by atoms with Crippen molar-refractivity contribution in [2.45, 2.75) is 26.7 Å². The Hall–Kier alpha value is -5.82. The maximum Gasteiger partial charge on any atom is 0.134 e. The van der Waals surface area contributed by atoms with Crippen LogP contribution in [0.15, 0.2) is 133 Å². The Labute approximate surface area is 272 Å². The summed E-state index contributed by atoms with van der Waals surface area (Å²) in [6.45, 7) is 4.08. The van der Waals surface area contributed by atoms with Crippen LogP contribution >= 0.6 is 0 Å². The van der Waals surface area contributed by atoms with E-state index in [2.05, 4.69) is 0 Å². The smallest absolute Gasteiger partial charge is 0.134 e. The summed E-state index contributed by atoms with van der Waals surface area (Å²) < 4.78 is 58.1. The van der Waals surface area contributed by atoms with Gasteiger partial charge >= 0.3 is 0 Å². The quantitative estimate of drug-likeness (QED) is 0.135. The van der Waals surface area contributed by atoms with Crippen LogP contribution in [0, 0.1) is 11.6 Å². The Morgan fingerprint density at radius 3 is 1.02 bits per heavy atom. The van der Waals surface area contributed by atoms with Crippen molar-refractivity contribution >= 4 is 0 Å². The lowest BCUT2D eigenvalue weighted by Gasteiger charge is -2.18. The monoisotopic (exact) mass is 630 g/mol. The summed E-state index contributed by atoms with van der Waals surface area (Å²) in [5.41, 5.74) is 1.78. The van der Waals surface area contributed by atoms with Gasteiger partial charge in [-0.3, -0.25) is 0 Å². The highest BCUT2D eigenvalue weighted by Crippen LogP contribution is 2.40. The van der Waals surface area contributed by atoms with Gasteiger partial charge in [0, 0.05) is 35.4 Å². The van der Waals surface area contributed by atoms with Crippen molar-refractivity contribution in [1.82, 2.24) is 0 Å². The van der Waals surface area contributed by atoms with Gasteiger partial charge in [0.25, 0.3) is 0 Å². The fourth-order valence-corrected chi connectivity index (χ4v) is 5.08. The van der Waals surface area contributed by atoms with Gasteiger partial charge in [0.1, 0.15) is 69.1 Å². The molecule has 0 saturated heterocycles. The van der Waals surface area contributed by atoms with Gasteiger partial charge in [-0.2, -0.15) is 0 Å². The zero-order chi connectivity index (χ0) is 32.6. The van der Waals surface area contributed by atoms with Crippen molar-refractivity contribution in [3.63, 3.8) is 0 Å². The summed E-state index contributed by atoms with van der Waals surface area (Å²) in [5, 5.41) is 0. The Morgan fingerprint density at radius 1 is 0.362 bits per heavy atom. The van der Waals surface area contributed by atoms with E-state index in [1.54, 1.807) is 48.5 Å². The molecule has 0 aliphatic rings. The highest BCUT2D eigenvalue weighted by molar-refractivity contribution is 5.53. The normalized spacial score (nSPS) is 10.7. The third-order valence-electron chi connectivity index (χ3n) is 7.24. The third-order valence-corrected chi connectivity index (χ3v) is 7.24. The van der Waals surface area contributed by atoms with Gasteiger partial charge in [-0.05, 0) is 85.6 Å². The lowest BCUT2D eigenvalue weighted by atomic mass is 10.1. The molecule has 0 heterocycles. The second kappa shape index (κ2) is 14.5. The van der Waals surface area contributed by atoms with Crippen LogP contribution in [0.3, 0.4) is 0 Å². The summed E-state index contributed by atoms with van der Waals surface area (Å²) in [6, 6.07) is 37.7. The molecule has 0 aromatic heterocycles. The molecule has 0 fully saturated rings. The summed E-state index contributed by atoms with van der Waals surface area (Å²) in [7, 11) is 0. The molecular weight excluding hydrogens is 598 g/mol. The molecule has 0 N–H and O–H groups in total. The van der Waals surface area contributed by atoms with Gasteiger partial charge in [0.2, 0.25) is 0 Å². The molecule has 0 atom stereocenters. The van der Waals surface area contributed by atoms with E-state index in [0.717, 1.165) is 11.1 Å². The Kier molecular flexibility index (Phi) is 9.63. The molecule has 6 rings (SSSR count). The maximum atomic E-state index is 13.6. The Morgan fingerprint density at radius 2 is 0.660 bits per heavy atom. The van der Waals surface area contributed by atoms with E-state index in [1.165, 1.54) is 24.3 Å². The first-order valence-corrected chi connectivity index (χ1v) is 15.3. The van der Waals surface area contributed by atoms with E-state index in [0.29, 0.717) is 70.3 Å². The Balaban J connectivity index is 1.21. The summed E-state index contributed by atoms with van der Waals surface area (Å²) in [6.07, 6.45) is 1.31. The molecule has 7 heteroatoms. The number of benzene rings is 6. The van der Waals surface area contributed by atoms with Crippen molar-refractivity contribution in [3.8, 4) is 57.5 Å². The zero-order valence-corrected chi connectivity index (χ0v) is 25.9. The zero-order valence-electron chi connectivity index (χ0n) is 25.9. The fraction of sp³-hybridized carbons (Fsp3) is 0.100. The molecular formula is C40H32F2O5. The molecule has 6 aromatic rings. The van der Waals surface area contributed by atoms with E-state index in [4.69, 9.17) is 23.7 Å². The fourth-order valence-electron chi connectivity index (χ4n) is 5.08. The SMILES string of the molecule is CCc1c(Oc2cccc(Oc3cccc(F)c3)c2)cccc1Oc1cccc(Oc2cccc(Oc3cccc(F)c3)c2)c1CC. The molecule has 0 amide bonds. The van der Waals surface area contributed by atoms with Crippen molar-refractivity contribution in [2.24, 2.45) is 0 Å². The molecule has 0 saturated carbocycles. The predicted octanol–water partition coefficient (Wildman–Crippen LogP) is 12.1. The van der Waals surface area contributed by atoms with E-state index in [9.17, 15) is 8.78 Å². The lowest BCUT2D eigenvalue weighted by Crippen LogP contribution is -1.99. The summed E-state index contributed by atoms with van der Waals surface area (Å²) >= 11 is 0. The van der Waals surface area contributed by atoms with E-state index >= 15 is 0 Å². The van der Waals surface area contributed by atoms with Crippen LogP contribution < -0.4 is 23.7 Å². The van der Waals surface area contributed by atoms with Crippen molar-refractivity contribution in [3.05, 3.63) is 156 Å². The average Bonchev–Trinajstić information content (AvgIpc) is 3.05. The first-order valence-electron chi connectivity index (χ1n) is 15.3. The van der Waals surface area contributed by atoms with Gasteiger partial charge in [-0.15, -0.1) is 0 Å². The molecule has 5 nitrogen and oxygen atoms in total. The first-order chi connectivity index (χ1) is 23.0.